The van der Waals surface area contributed by atoms with Crippen LogP contribution in [0.25, 0.3) is 0 Å². The third-order valence-electron chi connectivity index (χ3n) is 4.06. The molecule has 1 aliphatic rings. The van der Waals surface area contributed by atoms with E-state index in [1.54, 1.807) is 0 Å². The number of urea groups is 2. The van der Waals surface area contributed by atoms with E-state index in [1.807, 2.05) is 5.32 Å². The lowest BCUT2D eigenvalue weighted by Crippen LogP contribution is -2.44. The van der Waals surface area contributed by atoms with Gasteiger partial charge in [-0.05, 0) is 36.4 Å². The Morgan fingerprint density at radius 1 is 1.00 bits per heavy atom. The van der Waals surface area contributed by atoms with Crippen LogP contribution >= 0.6 is 0 Å². The number of hydrogen-bond acceptors (Lipinski definition) is 6. The second kappa shape index (κ2) is 8.39. The van der Waals surface area contributed by atoms with E-state index in [9.17, 15) is 28.4 Å². The maximum Gasteiger partial charge on any atom is 0.339 e. The van der Waals surface area contributed by atoms with Crippen molar-refractivity contribution in [1.82, 2.24) is 10.2 Å². The van der Waals surface area contributed by atoms with Crippen LogP contribution in [-0.4, -0.2) is 48.3 Å². The highest BCUT2D eigenvalue weighted by molar-refractivity contribution is 6.53. The van der Waals surface area contributed by atoms with Crippen LogP contribution in [0.2, 0.25) is 0 Å². The number of carbonyl (C=O) groups excluding carboxylic acids is 5. The minimum atomic E-state index is -1.22. The smallest absolute Gasteiger partial charge is 0.339 e. The van der Waals surface area contributed by atoms with Crippen LogP contribution in [0.5, 0.6) is 5.75 Å². The molecule has 0 atom stereocenters. The summed E-state index contributed by atoms with van der Waals surface area (Å²) >= 11 is 0. The van der Waals surface area contributed by atoms with Gasteiger partial charge in [0, 0.05) is 0 Å². The van der Waals surface area contributed by atoms with Crippen molar-refractivity contribution in [3.8, 4) is 5.75 Å². The lowest BCUT2D eigenvalue weighted by atomic mass is 10.3. The Kier molecular flexibility index (Phi) is 5.72. The molecule has 7 amide bonds. The molecular weight excluding hydrogens is 399 g/mol. The molecule has 0 spiro atoms. The van der Waals surface area contributed by atoms with Gasteiger partial charge in [0.05, 0.1) is 18.5 Å². The van der Waals surface area contributed by atoms with Crippen molar-refractivity contribution in [3.63, 3.8) is 0 Å². The summed E-state index contributed by atoms with van der Waals surface area (Å²) in [5, 5.41) is 3.98. The highest BCUT2D eigenvalue weighted by atomic mass is 19.1. The molecule has 11 heteroatoms. The quantitative estimate of drug-likeness (QED) is 0.564. The predicted molar refractivity (Wildman–Crippen MR) is 101 cm³/mol. The molecule has 2 N–H and O–H groups in total. The third kappa shape index (κ3) is 4.09. The molecule has 0 radical (unpaired) electrons. The van der Waals surface area contributed by atoms with Crippen LogP contribution in [-0.2, 0) is 14.4 Å². The first-order valence-electron chi connectivity index (χ1n) is 8.51. The van der Waals surface area contributed by atoms with Crippen molar-refractivity contribution in [1.29, 1.82) is 0 Å². The van der Waals surface area contributed by atoms with E-state index in [1.165, 1.54) is 49.6 Å². The molecular formula is C19H15FN4O6. The number of anilines is 2. The number of para-hydroxylation sites is 1. The van der Waals surface area contributed by atoms with Crippen LogP contribution in [0.1, 0.15) is 0 Å². The zero-order valence-electron chi connectivity index (χ0n) is 15.5. The molecule has 0 aliphatic carbocycles. The Morgan fingerprint density at radius 2 is 1.67 bits per heavy atom. The first-order chi connectivity index (χ1) is 14.3. The monoisotopic (exact) mass is 414 g/mol. The maximum atomic E-state index is 13.5. The molecule has 1 fully saturated rings. The number of imide groups is 3. The maximum absolute atomic E-state index is 13.5. The number of nitrogens with zero attached hydrogens (tertiary/aromatic N) is 2. The zero-order chi connectivity index (χ0) is 21.8. The first kappa shape index (κ1) is 20.5. The summed E-state index contributed by atoms with van der Waals surface area (Å²) in [5.41, 5.74) is -0.0589. The lowest BCUT2D eigenvalue weighted by Gasteiger charge is -2.15. The van der Waals surface area contributed by atoms with E-state index in [0.717, 1.165) is 6.07 Å². The molecule has 154 valence electrons. The molecule has 1 heterocycles. The average Bonchev–Trinajstić information content (AvgIpc) is 2.93. The lowest BCUT2D eigenvalue weighted by molar-refractivity contribution is -0.140. The van der Waals surface area contributed by atoms with Crippen LogP contribution in [0.4, 0.5) is 25.4 Å². The summed E-state index contributed by atoms with van der Waals surface area (Å²) in [7, 11) is 1.44. The highest BCUT2D eigenvalue weighted by Crippen LogP contribution is 2.24. The Labute approximate surface area is 169 Å². The number of carbonyl (C=O) groups is 5. The standard InChI is InChI=1S/C19H15FN4O6/c1-30-12-8-6-11(7-9-12)24-17(27)16(26)23(19(24)29)10-15(25)22-18(28)21-14-5-3-2-4-13(14)20/h2-9H,10H2,1H3,(H2,21,22,25,28). The fraction of sp³-hybridized carbons (Fsp3) is 0.105. The highest BCUT2D eigenvalue weighted by Gasteiger charge is 2.46. The molecule has 1 saturated heterocycles. The predicted octanol–water partition coefficient (Wildman–Crippen LogP) is 1.48. The second-order valence-corrected chi connectivity index (χ2v) is 5.99. The van der Waals surface area contributed by atoms with Gasteiger partial charge in [-0.15, -0.1) is 0 Å². The van der Waals surface area contributed by atoms with E-state index in [2.05, 4.69) is 5.32 Å². The topological polar surface area (TPSA) is 125 Å². The van der Waals surface area contributed by atoms with Crippen molar-refractivity contribution < 1.29 is 33.1 Å². The van der Waals surface area contributed by atoms with Gasteiger partial charge in [-0.3, -0.25) is 19.7 Å². The SMILES string of the molecule is COc1ccc(N2C(=O)C(=O)N(CC(=O)NC(=O)Nc3ccccc3F)C2=O)cc1. The molecule has 1 aliphatic heterocycles. The van der Waals surface area contributed by atoms with Gasteiger partial charge in [-0.2, -0.15) is 0 Å². The number of halogens is 1. The normalized spacial score (nSPS) is 13.5. The van der Waals surface area contributed by atoms with Crippen molar-refractivity contribution >= 4 is 41.2 Å². The summed E-state index contributed by atoms with van der Waals surface area (Å²) < 4.78 is 18.5. The number of rotatable bonds is 5. The van der Waals surface area contributed by atoms with Crippen LogP contribution in [0, 0.1) is 5.82 Å². The van der Waals surface area contributed by atoms with E-state index in [4.69, 9.17) is 4.74 Å². The molecule has 0 bridgehead atoms. The average molecular weight is 414 g/mol. The van der Waals surface area contributed by atoms with Crippen molar-refractivity contribution in [3.05, 3.63) is 54.3 Å². The van der Waals surface area contributed by atoms with E-state index >= 15 is 0 Å². The Balaban J connectivity index is 1.65. The van der Waals surface area contributed by atoms with Crippen molar-refractivity contribution in [2.75, 3.05) is 23.9 Å². The molecule has 30 heavy (non-hydrogen) atoms. The van der Waals surface area contributed by atoms with Gasteiger partial charge in [-0.25, -0.2) is 23.8 Å². The summed E-state index contributed by atoms with van der Waals surface area (Å²) in [6.45, 7) is -0.874. The number of ether oxygens (including phenoxy) is 1. The van der Waals surface area contributed by atoms with E-state index in [-0.39, 0.29) is 11.4 Å². The van der Waals surface area contributed by atoms with Gasteiger partial charge >= 0.3 is 23.9 Å². The molecule has 0 aromatic heterocycles. The number of amides is 7. The van der Waals surface area contributed by atoms with Crippen LogP contribution < -0.4 is 20.3 Å². The minimum absolute atomic E-state index is 0.111. The Morgan fingerprint density at radius 3 is 2.30 bits per heavy atom. The molecule has 2 aromatic rings. The molecule has 3 rings (SSSR count). The fourth-order valence-corrected chi connectivity index (χ4v) is 2.63. The molecule has 0 saturated carbocycles. The summed E-state index contributed by atoms with van der Waals surface area (Å²) in [4.78, 5) is 61.7. The van der Waals surface area contributed by atoms with E-state index < -0.39 is 42.1 Å². The second-order valence-electron chi connectivity index (χ2n) is 5.99. The summed E-state index contributed by atoms with van der Waals surface area (Å²) in [6.07, 6.45) is 0. The van der Waals surface area contributed by atoms with Gasteiger partial charge in [0.25, 0.3) is 0 Å². The van der Waals surface area contributed by atoms with Gasteiger partial charge < -0.3 is 10.1 Å². The van der Waals surface area contributed by atoms with Crippen molar-refractivity contribution in [2.45, 2.75) is 0 Å². The Hall–Kier alpha value is -4.28. The first-order valence-corrected chi connectivity index (χ1v) is 8.51. The summed E-state index contributed by atoms with van der Waals surface area (Å²) in [5.74, 6) is -3.66. The van der Waals surface area contributed by atoms with Gasteiger partial charge in [-0.1, -0.05) is 12.1 Å². The van der Waals surface area contributed by atoms with Crippen molar-refractivity contribution in [2.24, 2.45) is 0 Å². The largest absolute Gasteiger partial charge is 0.497 e. The zero-order valence-corrected chi connectivity index (χ0v) is 15.5. The number of benzene rings is 2. The number of hydrogen-bond donors (Lipinski definition) is 2. The van der Waals surface area contributed by atoms with Crippen LogP contribution in [0.3, 0.4) is 0 Å². The number of methoxy groups -OCH3 is 1. The molecule has 0 unspecified atom stereocenters. The number of nitrogens with one attached hydrogen (secondary N) is 2. The Bertz CT molecular complexity index is 1040. The fourth-order valence-electron chi connectivity index (χ4n) is 2.63. The van der Waals surface area contributed by atoms with Gasteiger partial charge in [0.1, 0.15) is 18.1 Å². The minimum Gasteiger partial charge on any atom is -0.497 e. The summed E-state index contributed by atoms with van der Waals surface area (Å²) in [6, 6.07) is 8.94. The molecule has 10 nitrogen and oxygen atoms in total. The van der Waals surface area contributed by atoms with Gasteiger partial charge in [0.15, 0.2) is 0 Å². The molecule has 2 aromatic carbocycles. The third-order valence-corrected chi connectivity index (χ3v) is 4.06. The van der Waals surface area contributed by atoms with Crippen LogP contribution in [0.15, 0.2) is 48.5 Å². The van der Waals surface area contributed by atoms with E-state index in [0.29, 0.717) is 15.5 Å². The van der Waals surface area contributed by atoms with Gasteiger partial charge in [0.2, 0.25) is 5.91 Å².